The van der Waals surface area contributed by atoms with E-state index < -0.39 is 0 Å². The number of amides is 1. The first-order chi connectivity index (χ1) is 17.6. The number of ether oxygens (including phenoxy) is 1. The van der Waals surface area contributed by atoms with Crippen molar-refractivity contribution in [3.63, 3.8) is 0 Å². The smallest absolute Gasteiger partial charge is 0.230 e. The van der Waals surface area contributed by atoms with Gasteiger partial charge in [-0.2, -0.15) is 0 Å². The molecule has 2 heterocycles. The zero-order valence-corrected chi connectivity index (χ0v) is 22.4. The fraction of sp³-hybridized carbons (Fsp3) is 0.567. The highest BCUT2D eigenvalue weighted by Crippen LogP contribution is 2.36. The highest BCUT2D eigenvalue weighted by molar-refractivity contribution is 6.30. The second-order valence-corrected chi connectivity index (χ2v) is 11.0. The second kappa shape index (κ2) is 11.9. The van der Waals surface area contributed by atoms with Crippen LogP contribution in [-0.4, -0.2) is 56.2 Å². The molecule has 5 nitrogen and oxygen atoms in total. The SMILES string of the molecule is CCCOc1cc(Cl)ccc1N1CCN(CC2CCc3ccccc3N2C(=O)C2CCCCC2)CC1. The van der Waals surface area contributed by atoms with E-state index in [1.165, 1.54) is 24.8 Å². The Hall–Kier alpha value is -2.24. The zero-order chi connectivity index (χ0) is 24.9. The fourth-order valence-electron chi connectivity index (χ4n) is 6.17. The van der Waals surface area contributed by atoms with Crippen molar-refractivity contribution in [2.75, 3.05) is 49.1 Å². The van der Waals surface area contributed by atoms with Crippen LogP contribution in [0.15, 0.2) is 42.5 Å². The van der Waals surface area contributed by atoms with Gasteiger partial charge >= 0.3 is 0 Å². The van der Waals surface area contributed by atoms with Crippen molar-refractivity contribution >= 4 is 28.9 Å². The lowest BCUT2D eigenvalue weighted by Gasteiger charge is -2.44. The number of nitrogens with zero attached hydrogens (tertiary/aromatic N) is 3. The summed E-state index contributed by atoms with van der Waals surface area (Å²) in [4.78, 5) is 21.0. The molecule has 2 aromatic rings. The average Bonchev–Trinajstić information content (AvgIpc) is 2.92. The van der Waals surface area contributed by atoms with Crippen LogP contribution in [0, 0.1) is 5.92 Å². The number of anilines is 2. The summed E-state index contributed by atoms with van der Waals surface area (Å²) in [5.41, 5.74) is 3.61. The summed E-state index contributed by atoms with van der Waals surface area (Å²) < 4.78 is 6.02. The topological polar surface area (TPSA) is 36.0 Å². The van der Waals surface area contributed by atoms with Gasteiger partial charge in [-0.25, -0.2) is 0 Å². The number of hydrogen-bond acceptors (Lipinski definition) is 4. The first kappa shape index (κ1) is 25.4. The van der Waals surface area contributed by atoms with E-state index in [4.69, 9.17) is 16.3 Å². The van der Waals surface area contributed by atoms with E-state index in [0.29, 0.717) is 17.5 Å². The molecule has 1 saturated carbocycles. The molecule has 0 N–H and O–H groups in total. The molecule has 1 aliphatic carbocycles. The van der Waals surface area contributed by atoms with E-state index in [-0.39, 0.29) is 12.0 Å². The largest absolute Gasteiger partial charge is 0.491 e. The lowest BCUT2D eigenvalue weighted by Crippen LogP contribution is -2.55. The molecule has 2 aromatic carbocycles. The summed E-state index contributed by atoms with van der Waals surface area (Å²) in [6, 6.07) is 14.8. The number of piperazine rings is 1. The first-order valence-corrected chi connectivity index (χ1v) is 14.3. The van der Waals surface area contributed by atoms with Crippen molar-refractivity contribution < 1.29 is 9.53 Å². The zero-order valence-electron chi connectivity index (χ0n) is 21.6. The van der Waals surface area contributed by atoms with Crippen LogP contribution in [0.4, 0.5) is 11.4 Å². The number of para-hydroxylation sites is 1. The van der Waals surface area contributed by atoms with Gasteiger partial charge in [0.05, 0.1) is 12.3 Å². The Morgan fingerprint density at radius 3 is 2.53 bits per heavy atom. The van der Waals surface area contributed by atoms with Crippen molar-refractivity contribution in [2.45, 2.75) is 64.3 Å². The summed E-state index contributed by atoms with van der Waals surface area (Å²) in [7, 11) is 0. The van der Waals surface area contributed by atoms with Crippen molar-refractivity contribution in [1.29, 1.82) is 0 Å². The monoisotopic (exact) mass is 509 g/mol. The van der Waals surface area contributed by atoms with Gasteiger partial charge in [0.25, 0.3) is 0 Å². The minimum atomic E-state index is 0.190. The van der Waals surface area contributed by atoms with Crippen molar-refractivity contribution in [2.24, 2.45) is 5.92 Å². The molecular formula is C30H40ClN3O2. The lowest BCUT2D eigenvalue weighted by molar-refractivity contribution is -0.124. The number of rotatable bonds is 7. The van der Waals surface area contributed by atoms with Crippen LogP contribution < -0.4 is 14.5 Å². The van der Waals surface area contributed by atoms with Crippen LogP contribution in [0.25, 0.3) is 0 Å². The maximum Gasteiger partial charge on any atom is 0.230 e. The molecule has 1 unspecified atom stereocenters. The Kier molecular flexibility index (Phi) is 8.38. The first-order valence-electron chi connectivity index (χ1n) is 13.9. The Bertz CT molecular complexity index is 1030. The summed E-state index contributed by atoms with van der Waals surface area (Å²) in [6.45, 7) is 7.63. The van der Waals surface area contributed by atoms with E-state index >= 15 is 0 Å². The molecule has 5 rings (SSSR count). The number of hydrogen-bond donors (Lipinski definition) is 0. The van der Waals surface area contributed by atoms with E-state index in [1.54, 1.807) is 0 Å². The molecule has 1 saturated heterocycles. The van der Waals surface area contributed by atoms with Crippen LogP contribution >= 0.6 is 11.6 Å². The standard InChI is InChI=1S/C30H40ClN3O2/c1-2-20-36-29-21-25(31)13-15-28(29)33-18-16-32(17-19-33)22-26-14-12-23-8-6-7-11-27(23)34(26)30(35)24-9-4-3-5-10-24/h6-8,11,13,15,21,24,26H,2-5,9-10,12,14,16-20,22H2,1H3. The average molecular weight is 510 g/mol. The number of carbonyl (C=O) groups excluding carboxylic acids is 1. The van der Waals surface area contributed by atoms with E-state index in [9.17, 15) is 4.79 Å². The lowest BCUT2D eigenvalue weighted by atomic mass is 9.86. The molecule has 1 amide bonds. The molecule has 0 bridgehead atoms. The predicted octanol–water partition coefficient (Wildman–Crippen LogP) is 6.18. The third-order valence-electron chi connectivity index (χ3n) is 8.12. The Morgan fingerprint density at radius 1 is 0.972 bits per heavy atom. The normalized spacial score (nSPS) is 21.3. The van der Waals surface area contributed by atoms with Crippen LogP contribution in [-0.2, 0) is 11.2 Å². The third kappa shape index (κ3) is 5.68. The molecule has 2 aliphatic heterocycles. The Balaban J connectivity index is 1.27. The van der Waals surface area contributed by atoms with E-state index in [2.05, 4.69) is 52.0 Å². The molecule has 0 spiro atoms. The van der Waals surface area contributed by atoms with Crippen LogP contribution in [0.3, 0.4) is 0 Å². The third-order valence-corrected chi connectivity index (χ3v) is 8.36. The molecular weight excluding hydrogens is 470 g/mol. The summed E-state index contributed by atoms with van der Waals surface area (Å²) in [5.74, 6) is 1.44. The van der Waals surface area contributed by atoms with Gasteiger partial charge in [0.15, 0.2) is 0 Å². The summed E-state index contributed by atoms with van der Waals surface area (Å²) in [5, 5.41) is 0.712. The van der Waals surface area contributed by atoms with Gasteiger partial charge in [-0.1, -0.05) is 56.0 Å². The van der Waals surface area contributed by atoms with Crippen molar-refractivity contribution in [3.05, 3.63) is 53.1 Å². The van der Waals surface area contributed by atoms with E-state index in [0.717, 1.165) is 82.0 Å². The molecule has 2 fully saturated rings. The van der Waals surface area contributed by atoms with Crippen LogP contribution in [0.2, 0.25) is 5.02 Å². The highest BCUT2D eigenvalue weighted by atomic mass is 35.5. The fourth-order valence-corrected chi connectivity index (χ4v) is 6.33. The molecule has 36 heavy (non-hydrogen) atoms. The Morgan fingerprint density at radius 2 is 1.75 bits per heavy atom. The van der Waals surface area contributed by atoms with Gasteiger partial charge in [-0.3, -0.25) is 9.69 Å². The molecule has 194 valence electrons. The number of fused-ring (bicyclic) bond motifs is 1. The van der Waals surface area contributed by atoms with Crippen LogP contribution in [0.5, 0.6) is 5.75 Å². The molecule has 6 heteroatoms. The highest BCUT2D eigenvalue weighted by Gasteiger charge is 2.36. The van der Waals surface area contributed by atoms with Gasteiger partial charge < -0.3 is 14.5 Å². The number of aryl methyl sites for hydroxylation is 1. The molecule has 3 aliphatic rings. The maximum atomic E-state index is 13.8. The summed E-state index contributed by atoms with van der Waals surface area (Å²) in [6.07, 6.45) is 8.81. The molecule has 0 aromatic heterocycles. The van der Waals surface area contributed by atoms with E-state index in [1.807, 2.05) is 12.1 Å². The number of halogens is 1. The predicted molar refractivity (Wildman–Crippen MR) is 149 cm³/mol. The van der Waals surface area contributed by atoms with Crippen molar-refractivity contribution in [3.8, 4) is 5.75 Å². The van der Waals surface area contributed by atoms with Crippen molar-refractivity contribution in [1.82, 2.24) is 4.90 Å². The maximum absolute atomic E-state index is 13.8. The minimum Gasteiger partial charge on any atom is -0.491 e. The second-order valence-electron chi connectivity index (χ2n) is 10.6. The van der Waals surface area contributed by atoms with Gasteiger partial charge in [-0.15, -0.1) is 0 Å². The van der Waals surface area contributed by atoms with Gasteiger partial charge in [0, 0.05) is 61.5 Å². The minimum absolute atomic E-state index is 0.190. The van der Waals surface area contributed by atoms with Gasteiger partial charge in [0.2, 0.25) is 5.91 Å². The quantitative estimate of drug-likeness (QED) is 0.446. The Labute approximate surface area is 221 Å². The van der Waals surface area contributed by atoms with Crippen LogP contribution in [0.1, 0.15) is 57.4 Å². The molecule has 0 radical (unpaired) electrons. The number of carbonyl (C=O) groups is 1. The molecule has 1 atom stereocenters. The number of benzene rings is 2. The van der Waals surface area contributed by atoms with Gasteiger partial charge in [0.1, 0.15) is 5.75 Å². The van der Waals surface area contributed by atoms with Gasteiger partial charge in [-0.05, 0) is 55.9 Å². The summed E-state index contributed by atoms with van der Waals surface area (Å²) >= 11 is 6.26.